The van der Waals surface area contributed by atoms with Gasteiger partial charge in [-0.2, -0.15) is 0 Å². The fourth-order valence-electron chi connectivity index (χ4n) is 6.00. The molecule has 0 saturated carbocycles. The Morgan fingerprint density at radius 2 is 1.57 bits per heavy atom. The Kier molecular flexibility index (Phi) is 8.79. The van der Waals surface area contributed by atoms with Gasteiger partial charge in [0, 0.05) is 36.2 Å². The number of nitrogens with one attached hydrogen (secondary N) is 1. The molecule has 0 amide bonds. The Bertz CT molecular complexity index is 1040. The molecular formula is C29H35ClN2O2S. The van der Waals surface area contributed by atoms with Crippen LogP contribution in [0.5, 0.6) is 5.75 Å². The number of rotatable bonds is 8. The molecule has 35 heavy (non-hydrogen) atoms. The summed E-state index contributed by atoms with van der Waals surface area (Å²) in [5, 5.41) is 3.96. The van der Waals surface area contributed by atoms with Gasteiger partial charge in [-0.15, -0.1) is 12.4 Å². The number of piperidine rings is 3. The number of benzene rings is 3. The molecule has 1 unspecified atom stereocenters. The fourth-order valence-corrected chi connectivity index (χ4v) is 6.56. The van der Waals surface area contributed by atoms with Crippen LogP contribution in [0.2, 0.25) is 0 Å². The maximum Gasteiger partial charge on any atom is 0.152 e. The molecule has 3 saturated heterocycles. The van der Waals surface area contributed by atoms with Gasteiger partial charge in [0.25, 0.3) is 0 Å². The summed E-state index contributed by atoms with van der Waals surface area (Å²) in [4.78, 5) is 3.55. The van der Waals surface area contributed by atoms with Gasteiger partial charge in [0.05, 0.1) is 7.11 Å². The average molecular weight is 511 g/mol. The van der Waals surface area contributed by atoms with Gasteiger partial charge in [-0.1, -0.05) is 60.7 Å². The van der Waals surface area contributed by atoms with Crippen molar-refractivity contribution >= 4 is 23.6 Å². The molecule has 1 N–H and O–H groups in total. The van der Waals surface area contributed by atoms with Crippen molar-refractivity contribution in [3.8, 4) is 5.75 Å². The molecule has 0 aliphatic carbocycles. The lowest BCUT2D eigenvalue weighted by molar-refractivity contribution is 0.00461. The van der Waals surface area contributed by atoms with Crippen molar-refractivity contribution in [3.63, 3.8) is 0 Å². The first-order valence-electron chi connectivity index (χ1n) is 12.2. The summed E-state index contributed by atoms with van der Waals surface area (Å²) in [6, 6.07) is 28.6. The zero-order valence-electron chi connectivity index (χ0n) is 20.4. The lowest BCUT2D eigenvalue weighted by Gasteiger charge is -2.54. The maximum absolute atomic E-state index is 12.1. The van der Waals surface area contributed by atoms with E-state index in [1.807, 2.05) is 18.2 Å². The molecule has 3 aromatic carbocycles. The summed E-state index contributed by atoms with van der Waals surface area (Å²) >= 11 is -1.02. The Labute approximate surface area is 218 Å². The summed E-state index contributed by atoms with van der Waals surface area (Å²) in [6.45, 7) is 3.03. The van der Waals surface area contributed by atoms with Gasteiger partial charge in [-0.3, -0.25) is 4.90 Å². The molecule has 0 radical (unpaired) electrons. The standard InChI is InChI=1S/C29H34N2O2S.ClH/c1-33-26-14-13-25(34(2)32)19-24(26)20-30-28-23-15-17-31(18-16-23)29(28)27(21-9-5-3-6-10-21)22-11-7-4-8-12-22;/h3-14,19,23,27-30H,15-18,20H2,1-2H3;1H/t28-,29-,34?;/m0./s1. The molecule has 4 nitrogen and oxygen atoms in total. The van der Waals surface area contributed by atoms with E-state index in [0.29, 0.717) is 30.5 Å². The van der Waals surface area contributed by atoms with Crippen LogP contribution in [0.15, 0.2) is 83.8 Å². The van der Waals surface area contributed by atoms with E-state index in [1.165, 1.54) is 24.0 Å². The Morgan fingerprint density at radius 1 is 0.971 bits per heavy atom. The van der Waals surface area contributed by atoms with Crippen molar-refractivity contribution in [1.29, 1.82) is 0 Å². The minimum Gasteiger partial charge on any atom is -0.612 e. The zero-order valence-corrected chi connectivity index (χ0v) is 22.1. The third kappa shape index (κ3) is 5.55. The van der Waals surface area contributed by atoms with Crippen molar-refractivity contribution in [2.75, 3.05) is 26.5 Å². The van der Waals surface area contributed by atoms with Gasteiger partial charge in [-0.25, -0.2) is 0 Å². The number of ether oxygens (including phenoxy) is 1. The van der Waals surface area contributed by atoms with Crippen molar-refractivity contribution < 1.29 is 9.29 Å². The Hall–Kier alpha value is -2.02. The van der Waals surface area contributed by atoms with E-state index in [0.717, 1.165) is 29.3 Å². The minimum absolute atomic E-state index is 0. The number of methoxy groups -OCH3 is 1. The van der Waals surface area contributed by atoms with Crippen molar-refractivity contribution in [2.45, 2.75) is 42.3 Å². The van der Waals surface area contributed by atoms with E-state index in [2.05, 4.69) is 70.9 Å². The summed E-state index contributed by atoms with van der Waals surface area (Å²) in [5.74, 6) is 1.81. The Balaban J connectivity index is 0.00000289. The first-order valence-corrected chi connectivity index (χ1v) is 13.8. The van der Waals surface area contributed by atoms with E-state index in [1.54, 1.807) is 13.4 Å². The predicted octanol–water partition coefficient (Wildman–Crippen LogP) is 5.24. The molecule has 0 spiro atoms. The van der Waals surface area contributed by atoms with Gasteiger partial charge in [0.1, 0.15) is 12.0 Å². The molecular weight excluding hydrogens is 476 g/mol. The molecule has 2 bridgehead atoms. The van der Waals surface area contributed by atoms with Crippen molar-refractivity contribution in [1.82, 2.24) is 10.2 Å². The van der Waals surface area contributed by atoms with Gasteiger partial charge in [-0.05, 0) is 66.3 Å². The molecule has 3 aromatic rings. The summed E-state index contributed by atoms with van der Waals surface area (Å²) in [7, 11) is 1.71. The lowest BCUT2D eigenvalue weighted by Crippen LogP contribution is -2.64. The van der Waals surface area contributed by atoms with Gasteiger partial charge in [0.2, 0.25) is 0 Å². The molecule has 3 heterocycles. The molecule has 3 atom stereocenters. The van der Waals surface area contributed by atoms with E-state index >= 15 is 0 Å². The summed E-state index contributed by atoms with van der Waals surface area (Å²) in [6.07, 6.45) is 4.20. The quantitative estimate of drug-likeness (QED) is 0.421. The Morgan fingerprint density at radius 3 is 2.11 bits per heavy atom. The van der Waals surface area contributed by atoms with E-state index in [9.17, 15) is 4.55 Å². The second kappa shape index (κ2) is 11.8. The first-order chi connectivity index (χ1) is 16.7. The van der Waals surface area contributed by atoms with Crippen molar-refractivity contribution in [2.24, 2.45) is 5.92 Å². The van der Waals surface area contributed by atoms with E-state index < -0.39 is 11.2 Å². The van der Waals surface area contributed by atoms with Gasteiger partial charge >= 0.3 is 0 Å². The monoisotopic (exact) mass is 510 g/mol. The smallest absolute Gasteiger partial charge is 0.152 e. The van der Waals surface area contributed by atoms with Crippen LogP contribution in [0.3, 0.4) is 0 Å². The zero-order chi connectivity index (χ0) is 23.5. The SMILES string of the molecule is COc1ccc([S+](C)[O-])cc1CN[C@H]1C2CCN(CC2)[C@H]1C(c1ccccc1)c1ccccc1.Cl. The number of hydrogen-bond acceptors (Lipinski definition) is 4. The number of nitrogens with zero attached hydrogens (tertiary/aromatic N) is 1. The lowest BCUT2D eigenvalue weighted by atomic mass is 9.70. The largest absolute Gasteiger partial charge is 0.612 e. The highest BCUT2D eigenvalue weighted by atomic mass is 35.5. The fraction of sp³-hybridized carbons (Fsp3) is 0.379. The normalized spacial score (nSPS) is 24.1. The van der Waals surface area contributed by atoms with Crippen LogP contribution in [0.1, 0.15) is 35.4 Å². The molecule has 3 aliphatic heterocycles. The third-order valence-corrected chi connectivity index (χ3v) is 8.56. The third-order valence-electron chi connectivity index (χ3n) is 7.64. The second-order valence-corrected chi connectivity index (χ2v) is 10.9. The molecule has 6 rings (SSSR count). The molecule has 186 valence electrons. The van der Waals surface area contributed by atoms with Crippen LogP contribution in [-0.4, -0.2) is 48.0 Å². The highest BCUT2D eigenvalue weighted by molar-refractivity contribution is 7.90. The van der Waals surface area contributed by atoms with Crippen LogP contribution >= 0.6 is 12.4 Å². The summed E-state index contributed by atoms with van der Waals surface area (Å²) < 4.78 is 17.8. The molecule has 6 heteroatoms. The molecule has 3 aliphatic rings. The van der Waals surface area contributed by atoms with E-state index in [-0.39, 0.29) is 12.4 Å². The highest BCUT2D eigenvalue weighted by Crippen LogP contribution is 2.42. The topological polar surface area (TPSA) is 47.6 Å². The minimum atomic E-state index is -1.02. The number of fused-ring (bicyclic) bond motifs is 3. The number of halogens is 1. The van der Waals surface area contributed by atoms with Crippen LogP contribution in [0, 0.1) is 5.92 Å². The van der Waals surface area contributed by atoms with Crippen LogP contribution in [-0.2, 0) is 17.7 Å². The molecule has 3 fully saturated rings. The van der Waals surface area contributed by atoms with Crippen LogP contribution in [0.25, 0.3) is 0 Å². The first kappa shape index (κ1) is 26.1. The molecule has 0 aromatic heterocycles. The van der Waals surface area contributed by atoms with Crippen LogP contribution < -0.4 is 10.1 Å². The summed E-state index contributed by atoms with van der Waals surface area (Å²) in [5.41, 5.74) is 3.82. The number of hydrogen-bond donors (Lipinski definition) is 1. The predicted molar refractivity (Wildman–Crippen MR) is 146 cm³/mol. The van der Waals surface area contributed by atoms with Gasteiger partial charge < -0.3 is 14.6 Å². The van der Waals surface area contributed by atoms with Crippen molar-refractivity contribution in [3.05, 3.63) is 95.6 Å². The van der Waals surface area contributed by atoms with E-state index in [4.69, 9.17) is 4.74 Å². The van der Waals surface area contributed by atoms with Gasteiger partial charge in [0.15, 0.2) is 4.90 Å². The maximum atomic E-state index is 12.1. The van der Waals surface area contributed by atoms with Crippen LogP contribution in [0.4, 0.5) is 0 Å². The second-order valence-electron chi connectivity index (χ2n) is 9.50. The average Bonchev–Trinajstić information content (AvgIpc) is 2.89. The highest BCUT2D eigenvalue weighted by Gasteiger charge is 2.46.